The van der Waals surface area contributed by atoms with Crippen LogP contribution >= 0.6 is 0 Å². The van der Waals surface area contributed by atoms with Crippen LogP contribution in [0.4, 0.5) is 0 Å². The van der Waals surface area contributed by atoms with Crippen LogP contribution in [-0.2, 0) is 23.8 Å². The van der Waals surface area contributed by atoms with E-state index in [9.17, 15) is 9.59 Å². The molecule has 0 bridgehead atoms. The van der Waals surface area contributed by atoms with Crippen LogP contribution in [0, 0.1) is 0 Å². The number of hydrogen-bond acceptors (Lipinski definition) is 5. The number of rotatable bonds is 12. The molecule has 29 heavy (non-hydrogen) atoms. The summed E-state index contributed by atoms with van der Waals surface area (Å²) in [5.74, 6) is -0.926. The van der Waals surface area contributed by atoms with Crippen molar-refractivity contribution >= 4 is 11.8 Å². The van der Waals surface area contributed by atoms with E-state index in [2.05, 4.69) is 0 Å². The van der Waals surface area contributed by atoms with Gasteiger partial charge < -0.3 is 24.8 Å². The predicted molar refractivity (Wildman–Crippen MR) is 110 cm³/mol. The summed E-state index contributed by atoms with van der Waals surface area (Å²) in [7, 11) is 1.60. The van der Waals surface area contributed by atoms with Gasteiger partial charge in [0.2, 0.25) is 11.8 Å². The first-order valence-corrected chi connectivity index (χ1v) is 10.4. The Hall–Kier alpha value is -1.96. The van der Waals surface area contributed by atoms with Crippen molar-refractivity contribution in [2.45, 2.75) is 57.2 Å². The first kappa shape index (κ1) is 23.3. The SMILES string of the molecule is CCCC[C@H](OCC(C(=O)N1CCC(OCOC)CC1)c1ccccc1)C(N)=O. The molecule has 1 unspecified atom stereocenters. The molecule has 0 aliphatic carbocycles. The maximum absolute atomic E-state index is 13.3. The number of piperidine rings is 1. The number of methoxy groups -OCH3 is 1. The second-order valence-corrected chi connectivity index (χ2v) is 7.43. The molecule has 1 fully saturated rings. The predicted octanol–water partition coefficient (Wildman–Crippen LogP) is 2.44. The van der Waals surface area contributed by atoms with Gasteiger partial charge in [-0.25, -0.2) is 0 Å². The Balaban J connectivity index is 2.02. The minimum atomic E-state index is -0.665. The van der Waals surface area contributed by atoms with Crippen molar-refractivity contribution in [3.05, 3.63) is 35.9 Å². The van der Waals surface area contributed by atoms with Gasteiger partial charge >= 0.3 is 0 Å². The van der Waals surface area contributed by atoms with Crippen LogP contribution in [0.25, 0.3) is 0 Å². The number of benzene rings is 1. The van der Waals surface area contributed by atoms with Gasteiger partial charge in [0, 0.05) is 20.2 Å². The fraction of sp³-hybridized carbons (Fsp3) is 0.636. The third-order valence-electron chi connectivity index (χ3n) is 5.28. The molecule has 7 heteroatoms. The highest BCUT2D eigenvalue weighted by Crippen LogP contribution is 2.23. The lowest BCUT2D eigenvalue weighted by molar-refractivity contribution is -0.142. The Morgan fingerprint density at radius 1 is 1.21 bits per heavy atom. The van der Waals surface area contributed by atoms with E-state index in [4.69, 9.17) is 19.9 Å². The maximum atomic E-state index is 13.3. The molecule has 1 aliphatic heterocycles. The van der Waals surface area contributed by atoms with Crippen LogP contribution in [0.3, 0.4) is 0 Å². The largest absolute Gasteiger partial charge is 0.367 e. The quantitative estimate of drug-likeness (QED) is 0.539. The van der Waals surface area contributed by atoms with Crippen molar-refractivity contribution in [1.82, 2.24) is 4.90 Å². The van der Waals surface area contributed by atoms with Crippen LogP contribution in [0.1, 0.15) is 50.5 Å². The Morgan fingerprint density at radius 3 is 2.48 bits per heavy atom. The maximum Gasteiger partial charge on any atom is 0.246 e. The van der Waals surface area contributed by atoms with Crippen molar-refractivity contribution in [2.75, 3.05) is 33.6 Å². The third-order valence-corrected chi connectivity index (χ3v) is 5.28. The molecule has 1 aliphatic rings. The summed E-state index contributed by atoms with van der Waals surface area (Å²) in [5.41, 5.74) is 6.38. The van der Waals surface area contributed by atoms with E-state index in [1.54, 1.807) is 7.11 Å². The molecule has 7 nitrogen and oxygen atoms in total. The molecule has 1 aromatic rings. The Labute approximate surface area is 173 Å². The van der Waals surface area contributed by atoms with Crippen LogP contribution in [-0.4, -0.2) is 62.5 Å². The monoisotopic (exact) mass is 406 g/mol. The number of carbonyl (C=O) groups excluding carboxylic acids is 2. The molecule has 1 saturated heterocycles. The minimum absolute atomic E-state index is 0.0140. The van der Waals surface area contributed by atoms with Crippen molar-refractivity contribution in [2.24, 2.45) is 5.73 Å². The van der Waals surface area contributed by atoms with E-state index >= 15 is 0 Å². The zero-order chi connectivity index (χ0) is 21.1. The van der Waals surface area contributed by atoms with Gasteiger partial charge in [0.15, 0.2) is 0 Å². The number of primary amides is 1. The molecule has 1 aromatic carbocycles. The summed E-state index contributed by atoms with van der Waals surface area (Å²) >= 11 is 0. The van der Waals surface area contributed by atoms with Crippen LogP contribution in [0.5, 0.6) is 0 Å². The Morgan fingerprint density at radius 2 is 1.90 bits per heavy atom. The summed E-state index contributed by atoms with van der Waals surface area (Å²) in [4.78, 5) is 26.9. The number of nitrogens with two attached hydrogens (primary N) is 1. The third kappa shape index (κ3) is 7.42. The average molecular weight is 407 g/mol. The molecule has 0 aromatic heterocycles. The number of amides is 2. The van der Waals surface area contributed by atoms with Gasteiger partial charge in [0.25, 0.3) is 0 Å². The fourth-order valence-corrected chi connectivity index (χ4v) is 3.53. The van der Waals surface area contributed by atoms with Crippen LogP contribution < -0.4 is 5.73 Å². The van der Waals surface area contributed by atoms with E-state index in [0.29, 0.717) is 19.5 Å². The van der Waals surface area contributed by atoms with Crippen molar-refractivity contribution in [3.63, 3.8) is 0 Å². The van der Waals surface area contributed by atoms with Crippen molar-refractivity contribution in [3.8, 4) is 0 Å². The second-order valence-electron chi connectivity index (χ2n) is 7.43. The van der Waals surface area contributed by atoms with Crippen LogP contribution in [0.15, 0.2) is 30.3 Å². The normalized spacial score (nSPS) is 17.1. The summed E-state index contributed by atoms with van der Waals surface area (Å²) < 4.78 is 16.4. The molecule has 2 N–H and O–H groups in total. The number of unbranched alkanes of at least 4 members (excludes halogenated alkanes) is 1. The number of carbonyl (C=O) groups is 2. The van der Waals surface area contributed by atoms with Gasteiger partial charge in [0.1, 0.15) is 12.9 Å². The van der Waals surface area contributed by atoms with Gasteiger partial charge in [-0.15, -0.1) is 0 Å². The van der Waals surface area contributed by atoms with E-state index in [0.717, 1.165) is 31.2 Å². The molecular weight excluding hydrogens is 372 g/mol. The molecule has 1 heterocycles. The van der Waals surface area contributed by atoms with Crippen molar-refractivity contribution < 1.29 is 23.8 Å². The van der Waals surface area contributed by atoms with Gasteiger partial charge in [-0.2, -0.15) is 0 Å². The molecule has 2 atom stereocenters. The summed E-state index contributed by atoms with van der Waals surface area (Å²) in [6.07, 6.45) is 3.38. The lowest BCUT2D eigenvalue weighted by atomic mass is 9.96. The average Bonchev–Trinajstić information content (AvgIpc) is 2.75. The second kappa shape index (κ2) is 12.6. The number of hydrogen-bond donors (Lipinski definition) is 1. The van der Waals surface area contributed by atoms with E-state index in [1.807, 2.05) is 42.2 Å². The number of nitrogens with zero attached hydrogens (tertiary/aromatic N) is 1. The van der Waals surface area contributed by atoms with Gasteiger partial charge in [-0.05, 0) is 24.8 Å². The van der Waals surface area contributed by atoms with Gasteiger partial charge in [0.05, 0.1) is 18.6 Å². The zero-order valence-corrected chi connectivity index (χ0v) is 17.5. The molecule has 0 spiro atoms. The standard InChI is InChI=1S/C22H34N2O5/c1-3-4-10-20(21(23)25)28-15-19(17-8-6-5-7-9-17)22(26)24-13-11-18(12-14-24)29-16-27-2/h5-9,18-20H,3-4,10-16H2,1-2H3,(H2,23,25)/t19?,20-/m0/s1. The molecule has 2 amide bonds. The molecule has 162 valence electrons. The highest BCUT2D eigenvalue weighted by molar-refractivity contribution is 5.84. The smallest absolute Gasteiger partial charge is 0.246 e. The Bertz CT molecular complexity index is 617. The first-order chi connectivity index (χ1) is 14.1. The Kier molecular flexibility index (Phi) is 10.1. The lowest BCUT2D eigenvalue weighted by Gasteiger charge is -2.34. The summed E-state index contributed by atoms with van der Waals surface area (Å²) in [5, 5.41) is 0. The molecular formula is C22H34N2O5. The van der Waals surface area contributed by atoms with Crippen molar-refractivity contribution in [1.29, 1.82) is 0 Å². The zero-order valence-electron chi connectivity index (χ0n) is 17.5. The highest BCUT2D eigenvalue weighted by Gasteiger charge is 2.31. The van der Waals surface area contributed by atoms with Crippen LogP contribution in [0.2, 0.25) is 0 Å². The van der Waals surface area contributed by atoms with Gasteiger partial charge in [-0.1, -0.05) is 50.1 Å². The molecule has 0 saturated carbocycles. The first-order valence-electron chi connectivity index (χ1n) is 10.4. The van der Waals surface area contributed by atoms with E-state index in [-0.39, 0.29) is 25.4 Å². The van der Waals surface area contributed by atoms with E-state index in [1.165, 1.54) is 0 Å². The number of likely N-dealkylation sites (tertiary alicyclic amines) is 1. The molecule has 0 radical (unpaired) electrons. The summed E-state index contributed by atoms with van der Waals surface area (Å²) in [6, 6.07) is 9.57. The molecule has 2 rings (SSSR count). The number of ether oxygens (including phenoxy) is 3. The lowest BCUT2D eigenvalue weighted by Crippen LogP contribution is -2.44. The van der Waals surface area contributed by atoms with E-state index < -0.39 is 17.9 Å². The minimum Gasteiger partial charge on any atom is -0.367 e. The summed E-state index contributed by atoms with van der Waals surface area (Å²) in [6.45, 7) is 3.72. The highest BCUT2D eigenvalue weighted by atomic mass is 16.7. The fourth-order valence-electron chi connectivity index (χ4n) is 3.53. The van der Waals surface area contributed by atoms with Gasteiger partial charge in [-0.3, -0.25) is 9.59 Å². The topological polar surface area (TPSA) is 91.1 Å².